The fourth-order valence-electron chi connectivity index (χ4n) is 2.77. The molecule has 0 radical (unpaired) electrons. The summed E-state index contributed by atoms with van der Waals surface area (Å²) in [5, 5.41) is 1.12. The lowest BCUT2D eigenvalue weighted by molar-refractivity contribution is 0.868. The molecule has 1 heterocycles. The lowest BCUT2D eigenvalue weighted by Gasteiger charge is -2.10. The molecule has 2 nitrogen and oxygen atoms in total. The highest BCUT2D eigenvalue weighted by Gasteiger charge is 2.09. The van der Waals surface area contributed by atoms with Crippen molar-refractivity contribution in [3.8, 4) is 11.3 Å². The van der Waals surface area contributed by atoms with Gasteiger partial charge >= 0.3 is 0 Å². The van der Waals surface area contributed by atoms with Crippen LogP contribution in [0.3, 0.4) is 0 Å². The van der Waals surface area contributed by atoms with Gasteiger partial charge in [-0.15, -0.1) is 0 Å². The van der Waals surface area contributed by atoms with E-state index in [2.05, 4.69) is 74.1 Å². The average Bonchev–Trinajstić information content (AvgIpc) is 2.45. The molecule has 3 aromatic rings. The zero-order valence-corrected chi connectivity index (χ0v) is 13.0. The molecule has 0 aliphatic rings. The normalized spacial score (nSPS) is 11.3. The fraction of sp³-hybridized carbons (Fsp3) is 0.263. The van der Waals surface area contributed by atoms with Crippen LogP contribution in [0.15, 0.2) is 42.7 Å². The maximum atomic E-state index is 4.52. The molecule has 0 saturated carbocycles. The minimum absolute atomic E-state index is 0.508. The first-order chi connectivity index (χ1) is 10.0. The number of hydrogen-bond donors (Lipinski definition) is 0. The maximum absolute atomic E-state index is 4.52. The van der Waals surface area contributed by atoms with E-state index in [9.17, 15) is 0 Å². The van der Waals surface area contributed by atoms with Crippen LogP contribution in [0.2, 0.25) is 0 Å². The number of nitrogens with zero attached hydrogens (tertiary/aromatic N) is 2. The molecule has 0 fully saturated rings. The van der Waals surface area contributed by atoms with Gasteiger partial charge in [-0.3, -0.25) is 0 Å². The molecule has 2 heteroatoms. The van der Waals surface area contributed by atoms with E-state index < -0.39 is 0 Å². The Hall–Kier alpha value is -2.22. The van der Waals surface area contributed by atoms with Crippen molar-refractivity contribution in [1.29, 1.82) is 0 Å². The van der Waals surface area contributed by atoms with Gasteiger partial charge in [-0.05, 0) is 43.5 Å². The third-order valence-corrected chi connectivity index (χ3v) is 3.82. The van der Waals surface area contributed by atoms with Crippen molar-refractivity contribution < 1.29 is 0 Å². The maximum Gasteiger partial charge on any atom is 0.116 e. The quantitative estimate of drug-likeness (QED) is 0.655. The zero-order chi connectivity index (χ0) is 15.0. The summed E-state index contributed by atoms with van der Waals surface area (Å²) in [6.45, 7) is 8.65. The first kappa shape index (κ1) is 13.7. The summed E-state index contributed by atoms with van der Waals surface area (Å²) in [5.74, 6) is 0.508. The first-order valence-electron chi connectivity index (χ1n) is 7.38. The van der Waals surface area contributed by atoms with Crippen LogP contribution >= 0.6 is 0 Å². The number of hydrogen-bond acceptors (Lipinski definition) is 2. The molecule has 0 atom stereocenters. The van der Waals surface area contributed by atoms with E-state index in [1.54, 1.807) is 6.33 Å². The minimum atomic E-state index is 0.508. The van der Waals surface area contributed by atoms with Crippen molar-refractivity contribution in [3.05, 3.63) is 59.4 Å². The Morgan fingerprint density at radius 1 is 0.857 bits per heavy atom. The van der Waals surface area contributed by atoms with Crippen LogP contribution in [0.25, 0.3) is 22.2 Å². The third-order valence-electron chi connectivity index (χ3n) is 3.82. The van der Waals surface area contributed by atoms with Gasteiger partial charge < -0.3 is 0 Å². The average molecular weight is 276 g/mol. The summed E-state index contributed by atoms with van der Waals surface area (Å²) in [7, 11) is 0. The van der Waals surface area contributed by atoms with Crippen molar-refractivity contribution in [1.82, 2.24) is 9.97 Å². The Bertz CT molecular complexity index is 784. The van der Waals surface area contributed by atoms with Crippen molar-refractivity contribution in [3.63, 3.8) is 0 Å². The topological polar surface area (TPSA) is 25.8 Å². The number of fused-ring (bicyclic) bond motifs is 1. The van der Waals surface area contributed by atoms with Crippen LogP contribution in [0, 0.1) is 13.8 Å². The fourth-order valence-corrected chi connectivity index (χ4v) is 2.77. The molecular formula is C19H20N2. The summed E-state index contributed by atoms with van der Waals surface area (Å²) < 4.78 is 0. The highest BCUT2D eigenvalue weighted by molar-refractivity contribution is 5.92. The van der Waals surface area contributed by atoms with Gasteiger partial charge in [0.2, 0.25) is 0 Å². The molecule has 0 aliphatic carbocycles. The molecular weight excluding hydrogens is 256 g/mol. The van der Waals surface area contributed by atoms with Crippen LogP contribution in [-0.4, -0.2) is 9.97 Å². The second kappa shape index (κ2) is 5.28. The second-order valence-corrected chi connectivity index (χ2v) is 6.03. The largest absolute Gasteiger partial charge is 0.236 e. The molecule has 0 bridgehead atoms. The SMILES string of the molecule is Cc1cc(C)cc(-c2ncnc3cc(C(C)C)ccc23)c1. The summed E-state index contributed by atoms with van der Waals surface area (Å²) in [4.78, 5) is 8.97. The molecule has 0 spiro atoms. The molecule has 2 aromatic carbocycles. The smallest absolute Gasteiger partial charge is 0.116 e. The summed E-state index contributed by atoms with van der Waals surface area (Å²) >= 11 is 0. The Morgan fingerprint density at radius 2 is 1.57 bits per heavy atom. The molecule has 1 aromatic heterocycles. The summed E-state index contributed by atoms with van der Waals surface area (Å²) in [5.41, 5.74) is 7.03. The molecule has 0 N–H and O–H groups in total. The summed E-state index contributed by atoms with van der Waals surface area (Å²) in [6, 6.07) is 13.1. The molecule has 0 aliphatic heterocycles. The third kappa shape index (κ3) is 2.66. The highest BCUT2D eigenvalue weighted by atomic mass is 14.8. The Kier molecular flexibility index (Phi) is 3.46. The minimum Gasteiger partial charge on any atom is -0.236 e. The predicted molar refractivity (Wildman–Crippen MR) is 88.5 cm³/mol. The van der Waals surface area contributed by atoms with Crippen molar-refractivity contribution in [2.45, 2.75) is 33.6 Å². The van der Waals surface area contributed by atoms with Crippen LogP contribution in [0.4, 0.5) is 0 Å². The van der Waals surface area contributed by atoms with Crippen LogP contribution < -0.4 is 0 Å². The number of aromatic nitrogens is 2. The van der Waals surface area contributed by atoms with E-state index in [1.165, 1.54) is 16.7 Å². The van der Waals surface area contributed by atoms with E-state index >= 15 is 0 Å². The van der Waals surface area contributed by atoms with Crippen LogP contribution in [-0.2, 0) is 0 Å². The van der Waals surface area contributed by atoms with Gasteiger partial charge in [0.05, 0.1) is 11.2 Å². The Morgan fingerprint density at radius 3 is 2.24 bits per heavy atom. The van der Waals surface area contributed by atoms with Crippen molar-refractivity contribution in [2.75, 3.05) is 0 Å². The van der Waals surface area contributed by atoms with E-state index in [0.717, 1.165) is 22.2 Å². The van der Waals surface area contributed by atoms with Gasteiger partial charge in [0.25, 0.3) is 0 Å². The van der Waals surface area contributed by atoms with Gasteiger partial charge in [0.1, 0.15) is 6.33 Å². The first-order valence-corrected chi connectivity index (χ1v) is 7.38. The van der Waals surface area contributed by atoms with Gasteiger partial charge in [-0.1, -0.05) is 43.2 Å². The highest BCUT2D eigenvalue weighted by Crippen LogP contribution is 2.28. The molecule has 0 unspecified atom stereocenters. The van der Waals surface area contributed by atoms with Crippen LogP contribution in [0.5, 0.6) is 0 Å². The number of rotatable bonds is 2. The summed E-state index contributed by atoms with van der Waals surface area (Å²) in [6.07, 6.45) is 1.67. The van der Waals surface area contributed by atoms with E-state index in [1.807, 2.05) is 0 Å². The van der Waals surface area contributed by atoms with E-state index in [-0.39, 0.29) is 0 Å². The second-order valence-electron chi connectivity index (χ2n) is 6.03. The Balaban J connectivity index is 2.23. The molecule has 3 rings (SSSR count). The number of aryl methyl sites for hydroxylation is 2. The van der Waals surface area contributed by atoms with E-state index in [4.69, 9.17) is 0 Å². The monoisotopic (exact) mass is 276 g/mol. The lowest BCUT2D eigenvalue weighted by atomic mass is 9.98. The molecule has 106 valence electrons. The van der Waals surface area contributed by atoms with E-state index in [0.29, 0.717) is 5.92 Å². The zero-order valence-electron chi connectivity index (χ0n) is 13.0. The van der Waals surface area contributed by atoms with Crippen molar-refractivity contribution in [2.24, 2.45) is 0 Å². The van der Waals surface area contributed by atoms with Crippen molar-refractivity contribution >= 4 is 10.9 Å². The lowest BCUT2D eigenvalue weighted by Crippen LogP contribution is -1.93. The molecule has 21 heavy (non-hydrogen) atoms. The molecule has 0 saturated heterocycles. The van der Waals surface area contributed by atoms with Gasteiger partial charge in [-0.25, -0.2) is 9.97 Å². The van der Waals surface area contributed by atoms with Gasteiger partial charge in [0.15, 0.2) is 0 Å². The molecule has 0 amide bonds. The van der Waals surface area contributed by atoms with Gasteiger partial charge in [0, 0.05) is 10.9 Å². The Labute approximate surface area is 125 Å². The number of benzene rings is 2. The van der Waals surface area contributed by atoms with Gasteiger partial charge in [-0.2, -0.15) is 0 Å². The standard InChI is InChI=1S/C19H20N2/c1-12(2)15-5-6-17-18(10-15)20-11-21-19(17)16-8-13(3)7-14(4)9-16/h5-12H,1-4H3. The predicted octanol–water partition coefficient (Wildman–Crippen LogP) is 5.04. The van der Waals surface area contributed by atoms with Crippen LogP contribution in [0.1, 0.15) is 36.5 Å².